The Morgan fingerprint density at radius 2 is 1.32 bits per heavy atom. The van der Waals surface area contributed by atoms with Crippen LogP contribution in [-0.2, 0) is 39.1 Å². The molecule has 0 radical (unpaired) electrons. The molecule has 0 bridgehead atoms. The fourth-order valence-electron chi connectivity index (χ4n) is 4.10. The van der Waals surface area contributed by atoms with Crippen molar-refractivity contribution in [2.45, 2.75) is 32.5 Å². The van der Waals surface area contributed by atoms with E-state index in [1.54, 1.807) is 45.4 Å². The van der Waals surface area contributed by atoms with Gasteiger partial charge in [0, 0.05) is 19.6 Å². The monoisotopic (exact) mass is 567 g/mol. The van der Waals surface area contributed by atoms with Crippen LogP contribution in [0.2, 0.25) is 0 Å². The third-order valence-electron chi connectivity index (χ3n) is 6.53. The second-order valence-corrected chi connectivity index (χ2v) is 11.4. The quantitative estimate of drug-likeness (QED) is 0.321. The molecule has 0 saturated carbocycles. The maximum Gasteiger partial charge on any atom is 0.242 e. The van der Waals surface area contributed by atoms with Gasteiger partial charge in [0.15, 0.2) is 0 Å². The van der Waals surface area contributed by atoms with E-state index < -0.39 is 28.5 Å². The Bertz CT molecular complexity index is 1350. The van der Waals surface area contributed by atoms with E-state index in [9.17, 15) is 18.0 Å². The first kappa shape index (κ1) is 30.6. The summed E-state index contributed by atoms with van der Waals surface area (Å²) in [6, 6.07) is 23.0. The summed E-state index contributed by atoms with van der Waals surface area (Å²) in [5, 5.41) is 2.91. The molecule has 0 aliphatic rings. The Morgan fingerprint density at radius 1 is 0.800 bits per heavy atom. The lowest BCUT2D eigenvalue weighted by molar-refractivity contribution is -0.140. The largest absolute Gasteiger partial charge is 0.497 e. The van der Waals surface area contributed by atoms with E-state index in [1.165, 1.54) is 4.90 Å². The average Bonchev–Trinajstić information content (AvgIpc) is 2.95. The number of benzene rings is 3. The molecule has 1 N–H and O–H groups in total. The van der Waals surface area contributed by atoms with Gasteiger partial charge in [0.05, 0.1) is 27.0 Å². The summed E-state index contributed by atoms with van der Waals surface area (Å²) in [5.74, 6) is 0.612. The molecule has 0 fully saturated rings. The first-order valence-corrected chi connectivity index (χ1v) is 14.8. The summed E-state index contributed by atoms with van der Waals surface area (Å²) in [5.41, 5.74) is 2.57. The molecule has 0 aliphatic carbocycles. The predicted octanol–water partition coefficient (Wildman–Crippen LogP) is 3.24. The second kappa shape index (κ2) is 14.5. The van der Waals surface area contributed by atoms with Gasteiger partial charge in [0.25, 0.3) is 0 Å². The number of amides is 2. The normalized spacial score (nSPS) is 12.0. The second-order valence-electron chi connectivity index (χ2n) is 9.45. The number of hydrogen-bond acceptors (Lipinski definition) is 6. The average molecular weight is 568 g/mol. The van der Waals surface area contributed by atoms with Gasteiger partial charge < -0.3 is 19.7 Å². The van der Waals surface area contributed by atoms with Gasteiger partial charge in [-0.1, -0.05) is 54.6 Å². The first-order chi connectivity index (χ1) is 19.1. The number of nitrogens with zero attached hydrogens (tertiary/aromatic N) is 2. The molecule has 1 unspecified atom stereocenters. The minimum Gasteiger partial charge on any atom is -0.497 e. The summed E-state index contributed by atoms with van der Waals surface area (Å²) in [6.07, 6.45) is 1.68. The molecule has 40 heavy (non-hydrogen) atoms. The fourth-order valence-corrected chi connectivity index (χ4v) is 4.83. The zero-order valence-electron chi connectivity index (χ0n) is 23.4. The molecule has 9 nitrogen and oxygen atoms in total. The van der Waals surface area contributed by atoms with Crippen LogP contribution in [-0.4, -0.2) is 69.0 Å². The van der Waals surface area contributed by atoms with Gasteiger partial charge in [-0.05, 0) is 54.3 Å². The van der Waals surface area contributed by atoms with Crippen molar-refractivity contribution in [2.24, 2.45) is 0 Å². The summed E-state index contributed by atoms with van der Waals surface area (Å²) >= 11 is 0. The van der Waals surface area contributed by atoms with Gasteiger partial charge in [-0.15, -0.1) is 0 Å². The number of rotatable bonds is 14. The third kappa shape index (κ3) is 9.10. The molecule has 3 aromatic carbocycles. The van der Waals surface area contributed by atoms with Gasteiger partial charge in [0.1, 0.15) is 17.5 Å². The summed E-state index contributed by atoms with van der Waals surface area (Å²) in [4.78, 5) is 28.2. The number of sulfonamides is 1. The summed E-state index contributed by atoms with van der Waals surface area (Å²) in [6.45, 7) is 1.80. The minimum absolute atomic E-state index is 0.0459. The van der Waals surface area contributed by atoms with E-state index >= 15 is 0 Å². The van der Waals surface area contributed by atoms with E-state index in [0.717, 1.165) is 33.0 Å². The molecule has 1 atom stereocenters. The molecular formula is C30H37N3O6S. The van der Waals surface area contributed by atoms with Crippen molar-refractivity contribution in [3.63, 3.8) is 0 Å². The van der Waals surface area contributed by atoms with Crippen molar-refractivity contribution >= 4 is 21.8 Å². The SMILES string of the molecule is COc1ccc(CCNC(=O)C(C)N(Cc2ccc(OC)cc2)C(=O)CN(Cc2ccccc2)S(C)(=O)=O)cc1. The van der Waals surface area contributed by atoms with E-state index in [1.807, 2.05) is 54.6 Å². The first-order valence-electron chi connectivity index (χ1n) is 12.9. The lowest BCUT2D eigenvalue weighted by atomic mass is 10.1. The van der Waals surface area contributed by atoms with E-state index in [2.05, 4.69) is 5.32 Å². The van der Waals surface area contributed by atoms with Gasteiger partial charge >= 0.3 is 0 Å². The number of carbonyl (C=O) groups is 2. The zero-order chi connectivity index (χ0) is 29.1. The minimum atomic E-state index is -3.71. The lowest BCUT2D eigenvalue weighted by Gasteiger charge is -2.31. The maximum absolute atomic E-state index is 13.6. The van der Waals surface area contributed by atoms with Crippen molar-refractivity contribution in [3.05, 3.63) is 95.6 Å². The Kier molecular flexibility index (Phi) is 11.1. The van der Waals surface area contributed by atoms with Crippen LogP contribution in [0.4, 0.5) is 0 Å². The lowest BCUT2D eigenvalue weighted by Crippen LogP contribution is -2.51. The number of methoxy groups -OCH3 is 2. The van der Waals surface area contributed by atoms with E-state index in [-0.39, 0.29) is 19.0 Å². The van der Waals surface area contributed by atoms with Crippen LogP contribution in [0.15, 0.2) is 78.9 Å². The molecule has 0 saturated heterocycles. The van der Waals surface area contributed by atoms with Crippen LogP contribution in [0.5, 0.6) is 11.5 Å². The van der Waals surface area contributed by atoms with Crippen LogP contribution >= 0.6 is 0 Å². The predicted molar refractivity (Wildman–Crippen MR) is 154 cm³/mol. The van der Waals surface area contributed by atoms with Gasteiger partial charge in [-0.25, -0.2) is 8.42 Å². The molecular weight excluding hydrogens is 530 g/mol. The van der Waals surface area contributed by atoms with Gasteiger partial charge in [-0.3, -0.25) is 9.59 Å². The molecule has 0 heterocycles. The highest BCUT2D eigenvalue weighted by atomic mass is 32.2. The number of carbonyl (C=O) groups excluding carboxylic acids is 2. The number of nitrogens with one attached hydrogen (secondary N) is 1. The summed E-state index contributed by atoms with van der Waals surface area (Å²) < 4.78 is 36.7. The number of ether oxygens (including phenoxy) is 2. The van der Waals surface area contributed by atoms with Gasteiger partial charge in [-0.2, -0.15) is 4.31 Å². The summed E-state index contributed by atoms with van der Waals surface area (Å²) in [7, 11) is -0.541. The highest BCUT2D eigenvalue weighted by Gasteiger charge is 2.29. The van der Waals surface area contributed by atoms with Gasteiger partial charge in [0.2, 0.25) is 21.8 Å². The molecule has 3 rings (SSSR count). The molecule has 214 valence electrons. The van der Waals surface area contributed by atoms with Crippen LogP contribution in [0.25, 0.3) is 0 Å². The Hall–Kier alpha value is -3.89. The van der Waals surface area contributed by atoms with Crippen molar-refractivity contribution in [1.29, 1.82) is 0 Å². The van der Waals surface area contributed by atoms with Crippen molar-refractivity contribution in [1.82, 2.24) is 14.5 Å². The molecule has 0 aliphatic heterocycles. The topological polar surface area (TPSA) is 105 Å². The van der Waals surface area contributed by atoms with E-state index in [0.29, 0.717) is 18.7 Å². The smallest absolute Gasteiger partial charge is 0.242 e. The Balaban J connectivity index is 1.75. The maximum atomic E-state index is 13.6. The molecule has 10 heteroatoms. The molecule has 0 spiro atoms. The van der Waals surface area contributed by atoms with Crippen LogP contribution in [0.1, 0.15) is 23.6 Å². The molecule has 3 aromatic rings. The third-order valence-corrected chi connectivity index (χ3v) is 7.73. The van der Waals surface area contributed by atoms with Crippen molar-refractivity contribution < 1.29 is 27.5 Å². The Morgan fingerprint density at radius 3 is 1.85 bits per heavy atom. The number of hydrogen-bond donors (Lipinski definition) is 1. The van der Waals surface area contributed by atoms with Crippen LogP contribution in [0.3, 0.4) is 0 Å². The van der Waals surface area contributed by atoms with Crippen LogP contribution < -0.4 is 14.8 Å². The zero-order valence-corrected chi connectivity index (χ0v) is 24.2. The fraction of sp³-hybridized carbons (Fsp3) is 0.333. The highest BCUT2D eigenvalue weighted by Crippen LogP contribution is 2.17. The van der Waals surface area contributed by atoms with E-state index in [4.69, 9.17) is 9.47 Å². The van der Waals surface area contributed by atoms with Crippen molar-refractivity contribution in [3.8, 4) is 11.5 Å². The molecule has 0 aromatic heterocycles. The van der Waals surface area contributed by atoms with Crippen LogP contribution in [0, 0.1) is 0 Å². The standard InChI is InChI=1S/C30H37N3O6S/c1-23(30(35)31-19-18-24-10-14-27(38-2)15-11-24)33(21-26-12-16-28(39-3)17-13-26)29(34)22-32(40(4,36)37)20-25-8-6-5-7-9-25/h5-17,23H,18-22H2,1-4H3,(H,31,35). The van der Waals surface area contributed by atoms with Crippen molar-refractivity contribution in [2.75, 3.05) is 33.6 Å². The molecule has 2 amide bonds. The Labute approximate surface area is 236 Å². The highest BCUT2D eigenvalue weighted by molar-refractivity contribution is 7.88.